The fourth-order valence-electron chi connectivity index (χ4n) is 3.35. The molecule has 2 N–H and O–H groups in total. The zero-order valence-corrected chi connectivity index (χ0v) is 17.7. The highest BCUT2D eigenvalue weighted by atomic mass is 32.1. The predicted molar refractivity (Wildman–Crippen MR) is 115 cm³/mol. The molecule has 8 heteroatoms. The van der Waals surface area contributed by atoms with Gasteiger partial charge in [0.1, 0.15) is 11.5 Å². The Labute approximate surface area is 177 Å². The van der Waals surface area contributed by atoms with Gasteiger partial charge < -0.3 is 19.5 Å². The third-order valence-corrected chi connectivity index (χ3v) is 5.94. The molecule has 1 aromatic carbocycles. The molecule has 0 saturated heterocycles. The number of hydrogen-bond acceptors (Lipinski definition) is 6. The highest BCUT2D eigenvalue weighted by Gasteiger charge is 2.23. The smallest absolute Gasteiger partial charge is 0.339 e. The van der Waals surface area contributed by atoms with Crippen molar-refractivity contribution in [1.82, 2.24) is 15.3 Å². The molecule has 0 bridgehead atoms. The van der Waals surface area contributed by atoms with E-state index in [1.807, 2.05) is 43.3 Å². The number of nitrogens with one attached hydrogen (secondary N) is 2. The van der Waals surface area contributed by atoms with Gasteiger partial charge in [-0.2, -0.15) is 0 Å². The highest BCUT2D eigenvalue weighted by molar-refractivity contribution is 7.21. The van der Waals surface area contributed by atoms with Gasteiger partial charge in [-0.1, -0.05) is 19.1 Å². The summed E-state index contributed by atoms with van der Waals surface area (Å²) in [5.41, 5.74) is 2.96. The topological polar surface area (TPSA) is 97.2 Å². The van der Waals surface area contributed by atoms with Crippen LogP contribution < -0.4 is 5.32 Å². The monoisotopic (exact) mass is 423 g/mol. The number of ether oxygens (including phenoxy) is 1. The van der Waals surface area contributed by atoms with E-state index in [1.54, 1.807) is 18.3 Å². The number of amides is 1. The Balaban J connectivity index is 1.48. The lowest BCUT2D eigenvalue weighted by atomic mass is 10.1. The van der Waals surface area contributed by atoms with Crippen molar-refractivity contribution in [2.24, 2.45) is 0 Å². The van der Waals surface area contributed by atoms with Crippen LogP contribution in [0, 0.1) is 6.92 Å². The molecule has 0 fully saturated rings. The number of aromatic nitrogens is 2. The number of nitrogens with zero attached hydrogens (tertiary/aromatic N) is 1. The lowest BCUT2D eigenvalue weighted by molar-refractivity contribution is 0.0599. The third kappa shape index (κ3) is 3.61. The number of aromatic amines is 1. The largest absolute Gasteiger partial charge is 0.465 e. The first-order valence-corrected chi connectivity index (χ1v) is 10.4. The van der Waals surface area contributed by atoms with Crippen molar-refractivity contribution < 1.29 is 18.7 Å². The van der Waals surface area contributed by atoms with E-state index in [0.29, 0.717) is 40.5 Å². The molecule has 3 heterocycles. The summed E-state index contributed by atoms with van der Waals surface area (Å²) in [6.45, 7) is 3.86. The number of benzene rings is 1. The lowest BCUT2D eigenvalue weighted by Gasteiger charge is -2.03. The molecule has 0 radical (unpaired) electrons. The molecule has 0 saturated carbocycles. The minimum Gasteiger partial charge on any atom is -0.465 e. The molecule has 0 aliphatic carbocycles. The molecule has 3 aromatic heterocycles. The molecule has 4 rings (SSSR count). The molecule has 30 heavy (non-hydrogen) atoms. The van der Waals surface area contributed by atoms with Gasteiger partial charge >= 0.3 is 5.97 Å². The van der Waals surface area contributed by atoms with Crippen molar-refractivity contribution in [2.75, 3.05) is 7.11 Å². The maximum Gasteiger partial charge on any atom is 0.339 e. The zero-order valence-electron chi connectivity index (χ0n) is 16.9. The molecule has 4 aromatic rings. The van der Waals surface area contributed by atoms with Crippen LogP contribution in [0.3, 0.4) is 0 Å². The van der Waals surface area contributed by atoms with E-state index in [1.165, 1.54) is 7.11 Å². The van der Waals surface area contributed by atoms with Gasteiger partial charge in [0.25, 0.3) is 5.91 Å². The number of hydrogen-bond donors (Lipinski definition) is 2. The lowest BCUT2D eigenvalue weighted by Crippen LogP contribution is -2.23. The van der Waals surface area contributed by atoms with Crippen LogP contribution in [-0.2, 0) is 17.7 Å². The average molecular weight is 423 g/mol. The fraction of sp³-hybridized carbons (Fsp3) is 0.227. The normalized spacial score (nSPS) is 11.0. The quantitative estimate of drug-likeness (QED) is 0.446. The van der Waals surface area contributed by atoms with E-state index < -0.39 is 5.97 Å². The predicted octanol–water partition coefficient (Wildman–Crippen LogP) is 4.47. The number of H-pyrrole nitrogens is 1. The maximum atomic E-state index is 12.7. The first kappa shape index (κ1) is 19.9. The fourth-order valence-corrected chi connectivity index (χ4v) is 4.28. The van der Waals surface area contributed by atoms with Crippen LogP contribution in [-0.4, -0.2) is 29.0 Å². The van der Waals surface area contributed by atoms with Gasteiger partial charge in [-0.3, -0.25) is 4.79 Å². The molecular weight excluding hydrogens is 402 g/mol. The van der Waals surface area contributed by atoms with Crippen molar-refractivity contribution >= 4 is 33.4 Å². The molecule has 154 valence electrons. The molecular formula is C22H21N3O4S. The van der Waals surface area contributed by atoms with E-state index in [4.69, 9.17) is 9.15 Å². The van der Waals surface area contributed by atoms with Crippen LogP contribution in [0.25, 0.3) is 21.0 Å². The Hall–Kier alpha value is -3.39. The number of esters is 1. The second-order valence-corrected chi connectivity index (χ2v) is 7.79. The summed E-state index contributed by atoms with van der Waals surface area (Å²) in [4.78, 5) is 32.3. The van der Waals surface area contributed by atoms with Crippen molar-refractivity contribution in [1.29, 1.82) is 0 Å². The average Bonchev–Trinajstić information content (AvgIpc) is 3.47. The SMILES string of the molecule is CCc1[nH]c(C(=O)NCc2ccc(-c3nc4ccccc4s3)o2)c(C)c1C(=O)OC. The van der Waals surface area contributed by atoms with E-state index in [0.717, 1.165) is 15.2 Å². The molecule has 0 unspecified atom stereocenters. The number of fused-ring (bicyclic) bond motifs is 1. The summed E-state index contributed by atoms with van der Waals surface area (Å²) in [5, 5.41) is 3.63. The molecule has 0 aliphatic heterocycles. The van der Waals surface area contributed by atoms with E-state index >= 15 is 0 Å². The number of methoxy groups -OCH3 is 1. The van der Waals surface area contributed by atoms with E-state index in [2.05, 4.69) is 15.3 Å². The first-order chi connectivity index (χ1) is 14.5. The maximum absolute atomic E-state index is 12.7. The Morgan fingerprint density at radius 3 is 2.77 bits per heavy atom. The number of carbonyl (C=O) groups is 2. The molecule has 0 aliphatic rings. The Kier molecular flexibility index (Phi) is 5.41. The summed E-state index contributed by atoms with van der Waals surface area (Å²) in [7, 11) is 1.33. The van der Waals surface area contributed by atoms with Crippen molar-refractivity contribution in [3.05, 3.63) is 64.7 Å². The second-order valence-electron chi connectivity index (χ2n) is 6.76. The van der Waals surface area contributed by atoms with Crippen LogP contribution in [0.2, 0.25) is 0 Å². The summed E-state index contributed by atoms with van der Waals surface area (Å²) in [6, 6.07) is 11.6. The minimum atomic E-state index is -0.453. The van der Waals surface area contributed by atoms with Crippen LogP contribution in [0.4, 0.5) is 0 Å². The highest BCUT2D eigenvalue weighted by Crippen LogP contribution is 2.31. The van der Waals surface area contributed by atoms with E-state index in [9.17, 15) is 9.59 Å². The summed E-state index contributed by atoms with van der Waals surface area (Å²) < 4.78 is 11.8. The summed E-state index contributed by atoms with van der Waals surface area (Å²) in [6.07, 6.45) is 0.586. The van der Waals surface area contributed by atoms with Gasteiger partial charge in [0.05, 0.1) is 29.4 Å². The summed E-state index contributed by atoms with van der Waals surface area (Å²) in [5.74, 6) is 0.518. The van der Waals surface area contributed by atoms with Gasteiger partial charge in [-0.05, 0) is 43.2 Å². The van der Waals surface area contributed by atoms with Crippen molar-refractivity contribution in [3.63, 3.8) is 0 Å². The first-order valence-electron chi connectivity index (χ1n) is 9.54. The zero-order chi connectivity index (χ0) is 21.3. The third-order valence-electron chi connectivity index (χ3n) is 4.89. The van der Waals surface area contributed by atoms with Crippen LogP contribution >= 0.6 is 11.3 Å². The number of rotatable bonds is 6. The number of aryl methyl sites for hydroxylation is 1. The van der Waals surface area contributed by atoms with Gasteiger partial charge in [-0.15, -0.1) is 11.3 Å². The van der Waals surface area contributed by atoms with Crippen LogP contribution in [0.5, 0.6) is 0 Å². The molecule has 0 spiro atoms. The number of furan rings is 1. The molecule has 7 nitrogen and oxygen atoms in total. The Morgan fingerprint density at radius 2 is 2.03 bits per heavy atom. The van der Waals surface area contributed by atoms with Gasteiger partial charge in [0, 0.05) is 5.69 Å². The minimum absolute atomic E-state index is 0.219. The van der Waals surface area contributed by atoms with Gasteiger partial charge in [0.15, 0.2) is 10.8 Å². The number of carbonyl (C=O) groups excluding carboxylic acids is 2. The molecule has 1 amide bonds. The van der Waals surface area contributed by atoms with Crippen LogP contribution in [0.15, 0.2) is 40.8 Å². The number of para-hydroxylation sites is 1. The van der Waals surface area contributed by atoms with Gasteiger partial charge in [0.2, 0.25) is 0 Å². The Morgan fingerprint density at radius 1 is 1.23 bits per heavy atom. The standard InChI is InChI=1S/C22H21N3O4S/c1-4-14-18(22(27)28-3)12(2)19(24-14)20(26)23-11-13-9-10-16(29-13)21-25-15-7-5-6-8-17(15)30-21/h5-10,24H,4,11H2,1-3H3,(H,23,26). The number of thiazole rings is 1. The van der Waals surface area contributed by atoms with Crippen molar-refractivity contribution in [2.45, 2.75) is 26.8 Å². The van der Waals surface area contributed by atoms with E-state index in [-0.39, 0.29) is 12.5 Å². The summed E-state index contributed by atoms with van der Waals surface area (Å²) >= 11 is 1.56. The van der Waals surface area contributed by atoms with Crippen molar-refractivity contribution in [3.8, 4) is 10.8 Å². The Bertz CT molecular complexity index is 1200. The van der Waals surface area contributed by atoms with Gasteiger partial charge in [-0.25, -0.2) is 9.78 Å². The van der Waals surface area contributed by atoms with Crippen LogP contribution in [0.1, 0.15) is 44.8 Å². The molecule has 0 atom stereocenters. The second kappa shape index (κ2) is 8.16.